The minimum Gasteiger partial charge on any atom is -0.383 e. The first-order valence-electron chi connectivity index (χ1n) is 10.4. The van der Waals surface area contributed by atoms with Crippen molar-refractivity contribution in [2.45, 2.75) is 31.0 Å². The Hall–Kier alpha value is -2.29. The van der Waals surface area contributed by atoms with E-state index in [2.05, 4.69) is 26.9 Å². The summed E-state index contributed by atoms with van der Waals surface area (Å²) in [4.78, 5) is 23.4. The van der Waals surface area contributed by atoms with E-state index in [9.17, 15) is 9.90 Å². The number of piperidine rings is 1. The quantitative estimate of drug-likeness (QED) is 0.786. The molecule has 2 fully saturated rings. The number of aliphatic hydroxyl groups is 1. The van der Waals surface area contributed by atoms with E-state index in [0.717, 1.165) is 31.7 Å². The van der Waals surface area contributed by atoms with E-state index in [-0.39, 0.29) is 11.9 Å². The van der Waals surface area contributed by atoms with Gasteiger partial charge in [0.05, 0.1) is 12.6 Å². The molecule has 156 valence electrons. The van der Waals surface area contributed by atoms with Crippen molar-refractivity contribution in [2.75, 3.05) is 46.3 Å². The summed E-state index contributed by atoms with van der Waals surface area (Å²) in [5.74, 6) is 0.106. The third-order valence-corrected chi connectivity index (χ3v) is 6.33. The molecule has 2 aliphatic heterocycles. The van der Waals surface area contributed by atoms with Crippen LogP contribution in [0.3, 0.4) is 0 Å². The second-order valence-corrected chi connectivity index (χ2v) is 8.14. The molecule has 0 saturated carbocycles. The zero-order chi connectivity index (χ0) is 20.3. The Morgan fingerprint density at radius 1 is 1.17 bits per heavy atom. The largest absolute Gasteiger partial charge is 0.383 e. The fourth-order valence-corrected chi connectivity index (χ4v) is 4.48. The molecular weight excluding hydrogens is 368 g/mol. The van der Waals surface area contributed by atoms with Gasteiger partial charge in [-0.05, 0) is 19.0 Å². The molecule has 2 aromatic rings. The molecule has 1 aromatic carbocycles. The topological polar surface area (TPSA) is 77.7 Å². The Morgan fingerprint density at radius 2 is 1.93 bits per heavy atom. The minimum atomic E-state index is -0.945. The van der Waals surface area contributed by atoms with Gasteiger partial charge in [-0.2, -0.15) is 5.10 Å². The number of hydrogen-bond donors (Lipinski definition) is 1. The van der Waals surface area contributed by atoms with Crippen LogP contribution in [0.2, 0.25) is 0 Å². The predicted molar refractivity (Wildman–Crippen MR) is 109 cm³/mol. The average molecular weight is 399 g/mol. The number of amides is 1. The third kappa shape index (κ3) is 4.34. The number of benzene rings is 1. The van der Waals surface area contributed by atoms with Crippen molar-refractivity contribution in [3.63, 3.8) is 0 Å². The third-order valence-electron chi connectivity index (χ3n) is 6.33. The van der Waals surface area contributed by atoms with E-state index in [0.29, 0.717) is 32.5 Å². The van der Waals surface area contributed by atoms with Gasteiger partial charge in [-0.15, -0.1) is 0 Å². The summed E-state index contributed by atoms with van der Waals surface area (Å²) in [5, 5.41) is 15.9. The summed E-state index contributed by atoms with van der Waals surface area (Å²) in [6.45, 7) is 5.38. The van der Waals surface area contributed by atoms with Crippen LogP contribution in [0.25, 0.3) is 0 Å². The molecule has 29 heavy (non-hydrogen) atoms. The van der Waals surface area contributed by atoms with E-state index in [1.165, 1.54) is 6.33 Å². The fourth-order valence-electron chi connectivity index (χ4n) is 4.48. The van der Waals surface area contributed by atoms with Crippen LogP contribution in [0.15, 0.2) is 43.0 Å². The highest BCUT2D eigenvalue weighted by Crippen LogP contribution is 2.36. The SMILES string of the molecule is CN1CCN([C@@H]2CN(C(=O)CCn3cncn3)CC[C@]2(O)c2ccccc2)CC1. The van der Waals surface area contributed by atoms with Crippen molar-refractivity contribution in [1.82, 2.24) is 29.5 Å². The zero-order valence-corrected chi connectivity index (χ0v) is 17.0. The maximum Gasteiger partial charge on any atom is 0.224 e. The van der Waals surface area contributed by atoms with Crippen molar-refractivity contribution >= 4 is 5.91 Å². The standard InChI is InChI=1S/C21H30N6O2/c1-24-11-13-25(14-12-24)19-15-26(20(28)7-9-27-17-22-16-23-27)10-8-21(19,29)18-5-3-2-4-6-18/h2-6,16-17,19,29H,7-15H2,1H3/t19-,21+/m1/s1. The lowest BCUT2D eigenvalue weighted by Crippen LogP contribution is -2.64. The van der Waals surface area contributed by atoms with Crippen LogP contribution in [-0.2, 0) is 16.9 Å². The Bertz CT molecular complexity index is 791. The second kappa shape index (κ2) is 8.61. The van der Waals surface area contributed by atoms with E-state index < -0.39 is 5.60 Å². The fraction of sp³-hybridized carbons (Fsp3) is 0.571. The maximum atomic E-state index is 12.9. The minimum absolute atomic E-state index is 0.106. The first-order valence-corrected chi connectivity index (χ1v) is 10.4. The average Bonchev–Trinajstić information content (AvgIpc) is 3.27. The van der Waals surface area contributed by atoms with Gasteiger partial charge in [0.25, 0.3) is 0 Å². The van der Waals surface area contributed by atoms with Gasteiger partial charge in [0.1, 0.15) is 18.3 Å². The molecule has 0 radical (unpaired) electrons. The first kappa shape index (κ1) is 20.0. The summed E-state index contributed by atoms with van der Waals surface area (Å²) in [7, 11) is 2.13. The molecule has 8 nitrogen and oxygen atoms in total. The van der Waals surface area contributed by atoms with Gasteiger partial charge in [-0.25, -0.2) is 4.98 Å². The Kier molecular flexibility index (Phi) is 5.94. The highest BCUT2D eigenvalue weighted by molar-refractivity contribution is 5.76. The molecule has 2 aliphatic rings. The van der Waals surface area contributed by atoms with Gasteiger partial charge in [0.15, 0.2) is 0 Å². The van der Waals surface area contributed by atoms with Crippen molar-refractivity contribution in [3.05, 3.63) is 48.5 Å². The van der Waals surface area contributed by atoms with Crippen LogP contribution >= 0.6 is 0 Å². The van der Waals surface area contributed by atoms with E-state index in [4.69, 9.17) is 0 Å². The van der Waals surface area contributed by atoms with Gasteiger partial charge in [0.2, 0.25) is 5.91 Å². The number of hydrogen-bond acceptors (Lipinski definition) is 6. The molecule has 4 rings (SSSR count). The lowest BCUT2D eigenvalue weighted by atomic mass is 9.79. The number of aromatic nitrogens is 3. The molecule has 8 heteroatoms. The van der Waals surface area contributed by atoms with Gasteiger partial charge >= 0.3 is 0 Å². The number of rotatable bonds is 5. The summed E-state index contributed by atoms with van der Waals surface area (Å²) in [6, 6.07) is 9.83. The highest BCUT2D eigenvalue weighted by atomic mass is 16.3. The summed E-state index contributed by atoms with van der Waals surface area (Å²) in [6.07, 6.45) is 4.05. The molecule has 1 N–H and O–H groups in total. The predicted octanol–water partition coefficient (Wildman–Crippen LogP) is 0.404. The molecule has 0 bridgehead atoms. The molecular formula is C21H30N6O2. The van der Waals surface area contributed by atoms with E-state index >= 15 is 0 Å². The molecule has 2 saturated heterocycles. The van der Waals surface area contributed by atoms with Gasteiger partial charge < -0.3 is 14.9 Å². The van der Waals surface area contributed by atoms with Crippen LogP contribution in [0.4, 0.5) is 0 Å². The molecule has 0 spiro atoms. The normalized spacial score (nSPS) is 26.6. The molecule has 0 aliphatic carbocycles. The van der Waals surface area contributed by atoms with Gasteiger partial charge in [-0.1, -0.05) is 30.3 Å². The van der Waals surface area contributed by atoms with Crippen LogP contribution in [0.1, 0.15) is 18.4 Å². The summed E-state index contributed by atoms with van der Waals surface area (Å²) in [5.41, 5.74) is -0.00140. The Morgan fingerprint density at radius 3 is 2.62 bits per heavy atom. The van der Waals surface area contributed by atoms with Crippen LogP contribution in [0.5, 0.6) is 0 Å². The number of aryl methyl sites for hydroxylation is 1. The Labute approximate surface area is 171 Å². The zero-order valence-electron chi connectivity index (χ0n) is 17.0. The van der Waals surface area contributed by atoms with Crippen LogP contribution in [0, 0.1) is 0 Å². The number of carbonyl (C=O) groups excluding carboxylic acids is 1. The second-order valence-electron chi connectivity index (χ2n) is 8.14. The molecule has 3 heterocycles. The Balaban J connectivity index is 1.50. The first-order chi connectivity index (χ1) is 14.1. The van der Waals surface area contributed by atoms with Gasteiger partial charge in [0, 0.05) is 45.7 Å². The van der Waals surface area contributed by atoms with Crippen molar-refractivity contribution < 1.29 is 9.90 Å². The number of likely N-dealkylation sites (tertiary alicyclic amines) is 1. The molecule has 0 unspecified atom stereocenters. The monoisotopic (exact) mass is 398 g/mol. The smallest absolute Gasteiger partial charge is 0.224 e. The molecule has 1 amide bonds. The van der Waals surface area contributed by atoms with Crippen molar-refractivity contribution in [1.29, 1.82) is 0 Å². The number of piperazine rings is 1. The van der Waals surface area contributed by atoms with Crippen LogP contribution < -0.4 is 0 Å². The van der Waals surface area contributed by atoms with Crippen molar-refractivity contribution in [2.24, 2.45) is 0 Å². The maximum absolute atomic E-state index is 12.9. The summed E-state index contributed by atoms with van der Waals surface area (Å²) < 4.78 is 1.68. The lowest BCUT2D eigenvalue weighted by molar-refractivity contribution is -0.145. The van der Waals surface area contributed by atoms with Gasteiger partial charge in [-0.3, -0.25) is 14.4 Å². The lowest BCUT2D eigenvalue weighted by Gasteiger charge is -2.51. The number of carbonyl (C=O) groups is 1. The highest BCUT2D eigenvalue weighted by Gasteiger charge is 2.46. The molecule has 2 atom stereocenters. The van der Waals surface area contributed by atoms with E-state index in [1.807, 2.05) is 35.2 Å². The summed E-state index contributed by atoms with van der Waals surface area (Å²) >= 11 is 0. The van der Waals surface area contributed by atoms with E-state index in [1.54, 1.807) is 11.0 Å². The molecule has 1 aromatic heterocycles. The van der Waals surface area contributed by atoms with Crippen LogP contribution in [-0.4, -0.2) is 92.8 Å². The van der Waals surface area contributed by atoms with Crippen molar-refractivity contribution in [3.8, 4) is 0 Å². The number of likely N-dealkylation sites (N-methyl/N-ethyl adjacent to an activating group) is 1. The number of nitrogens with zero attached hydrogens (tertiary/aromatic N) is 6.